The Morgan fingerprint density at radius 3 is 2.44 bits per heavy atom. The van der Waals surface area contributed by atoms with Crippen LogP contribution in [-0.2, 0) is 16.1 Å². The summed E-state index contributed by atoms with van der Waals surface area (Å²) in [5, 5.41) is 3.64. The summed E-state index contributed by atoms with van der Waals surface area (Å²) in [6.07, 6.45) is 0.507. The van der Waals surface area contributed by atoms with Crippen molar-refractivity contribution in [2.24, 2.45) is 0 Å². The average Bonchev–Trinajstić information content (AvgIpc) is 2.68. The van der Waals surface area contributed by atoms with Gasteiger partial charge in [0, 0.05) is 28.5 Å². The van der Waals surface area contributed by atoms with Gasteiger partial charge in [0.1, 0.15) is 6.04 Å². The summed E-state index contributed by atoms with van der Waals surface area (Å²) in [5.74, 6) is -0.0751. The van der Waals surface area contributed by atoms with Gasteiger partial charge < -0.3 is 10.2 Å². The van der Waals surface area contributed by atoms with Crippen LogP contribution in [0.3, 0.4) is 0 Å². The van der Waals surface area contributed by atoms with Crippen molar-refractivity contribution in [3.8, 4) is 0 Å². The molecule has 1 N–H and O–H groups in total. The largest absolute Gasteiger partial charge is 0.357 e. The lowest BCUT2D eigenvalue weighted by atomic mass is 10.1. The van der Waals surface area contributed by atoms with Crippen molar-refractivity contribution in [3.05, 3.63) is 64.1 Å². The fourth-order valence-electron chi connectivity index (χ4n) is 2.66. The number of carbonyl (C=O) groups is 2. The first kappa shape index (κ1) is 21.6. The lowest BCUT2D eigenvalue weighted by Gasteiger charge is -2.30. The Hall–Kier alpha value is -1.69. The minimum Gasteiger partial charge on any atom is -0.357 e. The molecule has 0 aromatic heterocycles. The van der Waals surface area contributed by atoms with Gasteiger partial charge in [-0.25, -0.2) is 0 Å². The Balaban J connectivity index is 2.22. The topological polar surface area (TPSA) is 49.4 Å². The van der Waals surface area contributed by atoms with Crippen LogP contribution in [0.2, 0.25) is 10.0 Å². The van der Waals surface area contributed by atoms with E-state index in [0.29, 0.717) is 16.5 Å². The molecular formula is C20H22Cl2N2O2S. The van der Waals surface area contributed by atoms with Crippen molar-refractivity contribution in [1.82, 2.24) is 10.2 Å². The lowest BCUT2D eigenvalue weighted by molar-refractivity contribution is -0.139. The van der Waals surface area contributed by atoms with E-state index in [9.17, 15) is 9.59 Å². The third-order valence-corrected chi connectivity index (χ3v) is 5.68. The van der Waals surface area contributed by atoms with E-state index in [1.165, 1.54) is 11.8 Å². The number of amides is 2. The maximum atomic E-state index is 13.0. The molecule has 0 spiro atoms. The summed E-state index contributed by atoms with van der Waals surface area (Å²) in [6.45, 7) is 2.13. The van der Waals surface area contributed by atoms with E-state index in [0.717, 1.165) is 10.5 Å². The number of likely N-dealkylation sites (N-methyl/N-ethyl adjacent to an activating group) is 1. The predicted octanol–water partition coefficient (Wildman–Crippen LogP) is 4.64. The van der Waals surface area contributed by atoms with Crippen LogP contribution in [0.15, 0.2) is 53.4 Å². The van der Waals surface area contributed by atoms with Crippen LogP contribution in [0.25, 0.3) is 0 Å². The SMILES string of the molecule is CCC(C(=O)NC)N(Cc1ccc(Cl)cc1Cl)C(=O)CSc1ccccc1. The van der Waals surface area contributed by atoms with Gasteiger partial charge in [-0.05, 0) is 36.2 Å². The third kappa shape index (κ3) is 6.16. The van der Waals surface area contributed by atoms with Gasteiger partial charge in [-0.1, -0.05) is 54.4 Å². The first-order valence-corrected chi connectivity index (χ1v) is 10.3. The maximum absolute atomic E-state index is 13.0. The van der Waals surface area contributed by atoms with Crippen molar-refractivity contribution in [2.45, 2.75) is 30.8 Å². The highest BCUT2D eigenvalue weighted by atomic mass is 35.5. The molecule has 0 fully saturated rings. The maximum Gasteiger partial charge on any atom is 0.242 e. The number of nitrogens with one attached hydrogen (secondary N) is 1. The minimum absolute atomic E-state index is 0.120. The molecule has 0 saturated carbocycles. The molecule has 0 bridgehead atoms. The Bertz CT molecular complexity index is 787. The zero-order chi connectivity index (χ0) is 19.8. The monoisotopic (exact) mass is 424 g/mol. The smallest absolute Gasteiger partial charge is 0.242 e. The van der Waals surface area contributed by atoms with E-state index in [4.69, 9.17) is 23.2 Å². The van der Waals surface area contributed by atoms with Gasteiger partial charge in [-0.3, -0.25) is 9.59 Å². The number of nitrogens with zero attached hydrogens (tertiary/aromatic N) is 1. The molecule has 0 saturated heterocycles. The van der Waals surface area contributed by atoms with Crippen LogP contribution in [0, 0.1) is 0 Å². The Labute approximate surface area is 174 Å². The van der Waals surface area contributed by atoms with Crippen LogP contribution >= 0.6 is 35.0 Å². The van der Waals surface area contributed by atoms with Gasteiger partial charge in [0.2, 0.25) is 11.8 Å². The van der Waals surface area contributed by atoms with E-state index in [1.54, 1.807) is 30.1 Å². The number of carbonyl (C=O) groups excluding carboxylic acids is 2. The molecule has 2 aromatic rings. The zero-order valence-electron chi connectivity index (χ0n) is 15.2. The number of rotatable bonds is 8. The number of halogens is 2. The summed E-state index contributed by atoms with van der Waals surface area (Å²) < 4.78 is 0. The fraction of sp³-hybridized carbons (Fsp3) is 0.300. The molecule has 0 heterocycles. The van der Waals surface area contributed by atoms with Crippen LogP contribution in [-0.4, -0.2) is 35.6 Å². The molecule has 2 amide bonds. The molecular weight excluding hydrogens is 403 g/mol. The molecule has 7 heteroatoms. The molecule has 1 unspecified atom stereocenters. The van der Waals surface area contributed by atoms with Crippen LogP contribution in [0.1, 0.15) is 18.9 Å². The summed E-state index contributed by atoms with van der Waals surface area (Å²) >= 11 is 13.7. The number of benzene rings is 2. The normalized spacial score (nSPS) is 11.7. The molecule has 144 valence electrons. The van der Waals surface area contributed by atoms with Crippen molar-refractivity contribution in [3.63, 3.8) is 0 Å². The highest BCUT2D eigenvalue weighted by Crippen LogP contribution is 2.25. The highest BCUT2D eigenvalue weighted by Gasteiger charge is 2.28. The second kappa shape index (κ2) is 10.6. The van der Waals surface area contributed by atoms with E-state index in [1.807, 2.05) is 37.3 Å². The van der Waals surface area contributed by atoms with Crippen LogP contribution in [0.4, 0.5) is 0 Å². The standard InChI is InChI=1S/C20H22Cl2N2O2S/c1-3-18(20(26)23-2)24(12-14-9-10-15(21)11-17(14)22)19(25)13-27-16-7-5-4-6-8-16/h4-11,18H,3,12-13H2,1-2H3,(H,23,26). The number of hydrogen-bond acceptors (Lipinski definition) is 3. The molecule has 1 atom stereocenters. The molecule has 0 aliphatic heterocycles. The third-order valence-electron chi connectivity index (χ3n) is 4.09. The Morgan fingerprint density at radius 1 is 1.15 bits per heavy atom. The number of hydrogen-bond donors (Lipinski definition) is 1. The lowest BCUT2D eigenvalue weighted by Crippen LogP contribution is -2.48. The van der Waals surface area contributed by atoms with Crippen molar-refractivity contribution >= 4 is 46.8 Å². The Kier molecular flexibility index (Phi) is 8.48. The Morgan fingerprint density at radius 2 is 1.85 bits per heavy atom. The van der Waals surface area contributed by atoms with Gasteiger partial charge in [0.25, 0.3) is 0 Å². The molecule has 2 rings (SSSR count). The van der Waals surface area contributed by atoms with E-state index >= 15 is 0 Å². The van der Waals surface area contributed by atoms with E-state index < -0.39 is 6.04 Å². The molecule has 0 aliphatic rings. The molecule has 4 nitrogen and oxygen atoms in total. The van der Waals surface area contributed by atoms with Crippen LogP contribution < -0.4 is 5.32 Å². The predicted molar refractivity (Wildman–Crippen MR) is 112 cm³/mol. The quantitative estimate of drug-likeness (QED) is 0.627. The van der Waals surface area contributed by atoms with Crippen molar-refractivity contribution in [2.75, 3.05) is 12.8 Å². The minimum atomic E-state index is -0.564. The number of thioether (sulfide) groups is 1. The first-order chi connectivity index (χ1) is 13.0. The second-order valence-electron chi connectivity index (χ2n) is 5.90. The van der Waals surface area contributed by atoms with Crippen molar-refractivity contribution in [1.29, 1.82) is 0 Å². The molecule has 0 aliphatic carbocycles. The van der Waals surface area contributed by atoms with Gasteiger partial charge in [-0.2, -0.15) is 0 Å². The zero-order valence-corrected chi connectivity index (χ0v) is 17.6. The average molecular weight is 425 g/mol. The first-order valence-electron chi connectivity index (χ1n) is 8.59. The van der Waals surface area contributed by atoms with Gasteiger partial charge in [0.05, 0.1) is 5.75 Å². The van der Waals surface area contributed by atoms with Gasteiger partial charge >= 0.3 is 0 Å². The molecule has 27 heavy (non-hydrogen) atoms. The van der Waals surface area contributed by atoms with E-state index in [2.05, 4.69) is 5.32 Å². The molecule has 2 aromatic carbocycles. The van der Waals surface area contributed by atoms with Crippen molar-refractivity contribution < 1.29 is 9.59 Å². The summed E-state index contributed by atoms with van der Waals surface area (Å²) in [6, 6.07) is 14.3. The van der Waals surface area contributed by atoms with Gasteiger partial charge in [-0.15, -0.1) is 11.8 Å². The summed E-state index contributed by atoms with van der Waals surface area (Å²) in [4.78, 5) is 27.9. The van der Waals surface area contributed by atoms with E-state index in [-0.39, 0.29) is 24.1 Å². The molecule has 0 radical (unpaired) electrons. The van der Waals surface area contributed by atoms with Crippen LogP contribution in [0.5, 0.6) is 0 Å². The summed E-state index contributed by atoms with van der Waals surface area (Å²) in [7, 11) is 1.57. The fourth-order valence-corrected chi connectivity index (χ4v) is 3.94. The summed E-state index contributed by atoms with van der Waals surface area (Å²) in [5.41, 5.74) is 0.751. The van der Waals surface area contributed by atoms with Gasteiger partial charge in [0.15, 0.2) is 0 Å². The second-order valence-corrected chi connectivity index (χ2v) is 7.79. The highest BCUT2D eigenvalue weighted by molar-refractivity contribution is 8.00.